The average molecular weight is 341 g/mol. The number of esters is 1. The van der Waals surface area contributed by atoms with Gasteiger partial charge in [0.1, 0.15) is 5.60 Å². The van der Waals surface area contributed by atoms with Gasteiger partial charge >= 0.3 is 5.97 Å². The second-order valence-electron chi connectivity index (χ2n) is 10.1. The highest BCUT2D eigenvalue weighted by atomic mass is 16.6. The number of ether oxygens (including phenoxy) is 1. The molecular formula is C23H32O2. The third kappa shape index (κ3) is 2.39. The molecule has 3 fully saturated rings. The minimum Gasteiger partial charge on any atom is -0.459 e. The third-order valence-corrected chi connectivity index (χ3v) is 8.61. The van der Waals surface area contributed by atoms with E-state index in [4.69, 9.17) is 4.74 Å². The van der Waals surface area contributed by atoms with Crippen LogP contribution in [0.15, 0.2) is 23.8 Å². The number of allylic oxidation sites excluding steroid dienone is 4. The van der Waals surface area contributed by atoms with Gasteiger partial charge in [-0.25, -0.2) is 0 Å². The van der Waals surface area contributed by atoms with E-state index in [1.54, 1.807) is 5.57 Å². The van der Waals surface area contributed by atoms with Gasteiger partial charge in [-0.1, -0.05) is 37.6 Å². The summed E-state index contributed by atoms with van der Waals surface area (Å²) >= 11 is 0. The molecule has 0 N–H and O–H groups in total. The van der Waals surface area contributed by atoms with Gasteiger partial charge in [-0.15, -0.1) is 0 Å². The smallest absolute Gasteiger partial charge is 0.310 e. The van der Waals surface area contributed by atoms with Crippen molar-refractivity contribution in [2.45, 2.75) is 64.9 Å². The van der Waals surface area contributed by atoms with E-state index < -0.39 is 0 Å². The maximum absolute atomic E-state index is 13.3. The molecule has 2 heteroatoms. The fourth-order valence-corrected chi connectivity index (χ4v) is 7.05. The van der Waals surface area contributed by atoms with Crippen molar-refractivity contribution in [2.75, 3.05) is 0 Å². The summed E-state index contributed by atoms with van der Waals surface area (Å²) in [7, 11) is 0. The number of hydrogen-bond donors (Lipinski definition) is 0. The van der Waals surface area contributed by atoms with Crippen LogP contribution in [0.5, 0.6) is 0 Å². The number of hydrogen-bond acceptors (Lipinski definition) is 2. The highest BCUT2D eigenvalue weighted by Gasteiger charge is 2.54. The van der Waals surface area contributed by atoms with Crippen molar-refractivity contribution in [3.8, 4) is 0 Å². The van der Waals surface area contributed by atoms with Crippen LogP contribution in [0.1, 0.15) is 59.3 Å². The predicted molar refractivity (Wildman–Crippen MR) is 98.7 cm³/mol. The van der Waals surface area contributed by atoms with Gasteiger partial charge in [0.2, 0.25) is 0 Å². The van der Waals surface area contributed by atoms with Gasteiger partial charge < -0.3 is 4.74 Å². The monoisotopic (exact) mass is 340 g/mol. The van der Waals surface area contributed by atoms with Crippen molar-refractivity contribution in [3.63, 3.8) is 0 Å². The summed E-state index contributed by atoms with van der Waals surface area (Å²) in [4.78, 5) is 13.3. The zero-order valence-electron chi connectivity index (χ0n) is 15.9. The van der Waals surface area contributed by atoms with Gasteiger partial charge in [-0.05, 0) is 86.9 Å². The number of carbonyl (C=O) groups excluding carboxylic acids is 1. The first kappa shape index (κ1) is 16.1. The van der Waals surface area contributed by atoms with Gasteiger partial charge in [0, 0.05) is 0 Å². The molecule has 0 radical (unpaired) electrons. The quantitative estimate of drug-likeness (QED) is 0.525. The van der Waals surface area contributed by atoms with Crippen LogP contribution in [-0.4, -0.2) is 11.6 Å². The number of carbonyl (C=O) groups is 1. The van der Waals surface area contributed by atoms with Crippen molar-refractivity contribution in [3.05, 3.63) is 23.8 Å². The van der Waals surface area contributed by atoms with Crippen LogP contribution in [0, 0.1) is 47.3 Å². The van der Waals surface area contributed by atoms with E-state index in [1.807, 2.05) is 0 Å². The molecule has 4 bridgehead atoms. The normalized spacial score (nSPS) is 52.8. The summed E-state index contributed by atoms with van der Waals surface area (Å²) in [6, 6.07) is 0. The van der Waals surface area contributed by atoms with Gasteiger partial charge in [0.05, 0.1) is 5.92 Å². The molecule has 0 aromatic carbocycles. The molecule has 0 heterocycles. The molecule has 9 unspecified atom stereocenters. The van der Waals surface area contributed by atoms with Crippen molar-refractivity contribution < 1.29 is 9.53 Å². The van der Waals surface area contributed by atoms with Gasteiger partial charge in [0.15, 0.2) is 0 Å². The Morgan fingerprint density at radius 3 is 2.60 bits per heavy atom. The zero-order valence-corrected chi connectivity index (χ0v) is 15.9. The van der Waals surface area contributed by atoms with Crippen LogP contribution in [0.2, 0.25) is 0 Å². The summed E-state index contributed by atoms with van der Waals surface area (Å²) in [5, 5.41) is 0. The minimum atomic E-state index is -0.181. The Bertz CT molecular complexity index is 646. The first-order chi connectivity index (χ1) is 11.9. The predicted octanol–water partition coefficient (Wildman–Crippen LogP) is 5.15. The Hall–Kier alpha value is -1.05. The van der Waals surface area contributed by atoms with E-state index in [9.17, 15) is 4.79 Å². The molecule has 3 saturated carbocycles. The lowest BCUT2D eigenvalue weighted by atomic mass is 9.80. The second-order valence-corrected chi connectivity index (χ2v) is 10.1. The maximum Gasteiger partial charge on any atom is 0.310 e. The van der Waals surface area contributed by atoms with Crippen LogP contribution >= 0.6 is 0 Å². The molecule has 5 rings (SSSR count). The molecule has 5 aliphatic carbocycles. The molecule has 2 nitrogen and oxygen atoms in total. The first-order valence-corrected chi connectivity index (χ1v) is 10.6. The molecule has 0 spiro atoms. The highest BCUT2D eigenvalue weighted by molar-refractivity contribution is 5.75. The van der Waals surface area contributed by atoms with Crippen LogP contribution in [0.3, 0.4) is 0 Å². The van der Waals surface area contributed by atoms with Gasteiger partial charge in [0.25, 0.3) is 0 Å². The molecule has 136 valence electrons. The molecule has 25 heavy (non-hydrogen) atoms. The van der Waals surface area contributed by atoms with Crippen molar-refractivity contribution >= 4 is 5.97 Å². The molecular weight excluding hydrogens is 308 g/mol. The number of fused-ring (bicyclic) bond motifs is 4. The lowest BCUT2D eigenvalue weighted by Crippen LogP contribution is -2.41. The molecule has 0 aromatic heterocycles. The Morgan fingerprint density at radius 2 is 2.00 bits per heavy atom. The van der Waals surface area contributed by atoms with E-state index in [2.05, 4.69) is 39.0 Å². The van der Waals surface area contributed by atoms with Gasteiger partial charge in [-0.3, -0.25) is 4.79 Å². The topological polar surface area (TPSA) is 26.3 Å². The Balaban J connectivity index is 1.37. The SMILES string of the molecule is CC1CC(C2=CC3C=CC2C3)C(C(=O)OC2(C)CC3CCC2C3)C1C. The molecule has 0 aliphatic heterocycles. The largest absolute Gasteiger partial charge is 0.459 e. The summed E-state index contributed by atoms with van der Waals surface area (Å²) in [6.07, 6.45) is 14.6. The zero-order chi connectivity index (χ0) is 17.3. The highest BCUT2D eigenvalue weighted by Crippen LogP contribution is 2.55. The molecule has 0 amide bonds. The van der Waals surface area contributed by atoms with E-state index in [-0.39, 0.29) is 17.5 Å². The summed E-state index contributed by atoms with van der Waals surface area (Å²) in [5.74, 6) is 4.29. The Kier molecular flexibility index (Phi) is 3.53. The summed E-state index contributed by atoms with van der Waals surface area (Å²) < 4.78 is 6.32. The summed E-state index contributed by atoms with van der Waals surface area (Å²) in [5.41, 5.74) is 1.38. The fraction of sp³-hybridized carbons (Fsp3) is 0.783. The maximum atomic E-state index is 13.3. The Morgan fingerprint density at radius 1 is 1.16 bits per heavy atom. The molecule has 0 aromatic rings. The van der Waals surface area contributed by atoms with Crippen molar-refractivity contribution in [2.24, 2.45) is 47.3 Å². The minimum absolute atomic E-state index is 0.0740. The molecule has 0 saturated heterocycles. The number of rotatable bonds is 3. The fourth-order valence-electron chi connectivity index (χ4n) is 7.05. The van der Waals surface area contributed by atoms with E-state index >= 15 is 0 Å². The van der Waals surface area contributed by atoms with Crippen LogP contribution in [0.4, 0.5) is 0 Å². The van der Waals surface area contributed by atoms with E-state index in [0.717, 1.165) is 18.8 Å². The van der Waals surface area contributed by atoms with Crippen LogP contribution in [0.25, 0.3) is 0 Å². The van der Waals surface area contributed by atoms with Gasteiger partial charge in [-0.2, -0.15) is 0 Å². The summed E-state index contributed by atoms with van der Waals surface area (Å²) in [6.45, 7) is 6.82. The van der Waals surface area contributed by atoms with Crippen molar-refractivity contribution in [1.29, 1.82) is 0 Å². The lowest BCUT2D eigenvalue weighted by molar-refractivity contribution is -0.171. The van der Waals surface area contributed by atoms with Crippen molar-refractivity contribution in [1.82, 2.24) is 0 Å². The van der Waals surface area contributed by atoms with Crippen LogP contribution in [-0.2, 0) is 9.53 Å². The second kappa shape index (κ2) is 5.47. The standard InChI is InChI=1S/C23H32O2/c1-13-8-20(19-11-15-4-6-17(19)9-15)21(14(13)2)22(24)25-23(3)12-16-5-7-18(23)10-16/h4,6,11,13-18,20-21H,5,7-10,12H2,1-3H3. The van der Waals surface area contributed by atoms with E-state index in [0.29, 0.717) is 35.5 Å². The molecule has 9 atom stereocenters. The van der Waals surface area contributed by atoms with Crippen LogP contribution < -0.4 is 0 Å². The molecule has 5 aliphatic rings. The third-order valence-electron chi connectivity index (χ3n) is 8.61. The Labute approximate surface area is 152 Å². The van der Waals surface area contributed by atoms with E-state index in [1.165, 1.54) is 25.7 Å². The first-order valence-electron chi connectivity index (χ1n) is 10.6. The lowest BCUT2D eigenvalue weighted by Gasteiger charge is -2.36. The average Bonchev–Trinajstić information content (AvgIpc) is 3.34.